The smallest absolute Gasteiger partial charge is 0.261 e. The second-order valence-electron chi connectivity index (χ2n) is 7.75. The molecular weight excluding hydrogens is 286 g/mol. The van der Waals surface area contributed by atoms with Gasteiger partial charge in [0.1, 0.15) is 5.75 Å². The van der Waals surface area contributed by atoms with E-state index in [1.54, 1.807) is 0 Å². The molecule has 3 heteroatoms. The third kappa shape index (κ3) is 3.54. The first-order chi connectivity index (χ1) is 10.9. The van der Waals surface area contributed by atoms with Crippen LogP contribution in [0.1, 0.15) is 63.5 Å². The number of hydrogen-bond acceptors (Lipinski definition) is 2. The van der Waals surface area contributed by atoms with Gasteiger partial charge in [-0.1, -0.05) is 32.4 Å². The van der Waals surface area contributed by atoms with E-state index < -0.39 is 6.10 Å². The summed E-state index contributed by atoms with van der Waals surface area (Å²) in [6.07, 6.45) is 4.64. The summed E-state index contributed by atoms with van der Waals surface area (Å²) in [5.41, 5.74) is 2.32. The van der Waals surface area contributed by atoms with Crippen LogP contribution in [0.25, 0.3) is 0 Å². The van der Waals surface area contributed by atoms with Crippen LogP contribution in [0.3, 0.4) is 0 Å². The Hall–Kier alpha value is -1.51. The third-order valence-electron chi connectivity index (χ3n) is 5.53. The number of aryl methyl sites for hydroxylation is 1. The highest BCUT2D eigenvalue weighted by Crippen LogP contribution is 2.44. The van der Waals surface area contributed by atoms with Crippen LogP contribution in [0.4, 0.5) is 0 Å². The first-order valence-electron chi connectivity index (χ1n) is 9.01. The predicted molar refractivity (Wildman–Crippen MR) is 92.7 cm³/mol. The minimum absolute atomic E-state index is 0.0266. The van der Waals surface area contributed by atoms with Crippen molar-refractivity contribution in [1.29, 1.82) is 0 Å². The molecule has 0 heterocycles. The van der Waals surface area contributed by atoms with Crippen LogP contribution in [0.15, 0.2) is 18.2 Å². The molecule has 2 bridgehead atoms. The Bertz CT molecular complexity index is 581. The highest BCUT2D eigenvalue weighted by atomic mass is 16.5. The van der Waals surface area contributed by atoms with Crippen LogP contribution < -0.4 is 10.1 Å². The molecular formula is C20H29NO2. The number of amides is 1. The highest BCUT2D eigenvalue weighted by molar-refractivity contribution is 5.81. The molecule has 0 aromatic heterocycles. The molecule has 0 unspecified atom stereocenters. The van der Waals surface area contributed by atoms with E-state index in [1.807, 2.05) is 13.0 Å². The Balaban J connectivity index is 1.63. The molecule has 2 aliphatic rings. The van der Waals surface area contributed by atoms with E-state index in [-0.39, 0.29) is 5.91 Å². The monoisotopic (exact) mass is 315 g/mol. The van der Waals surface area contributed by atoms with Crippen LogP contribution in [0.2, 0.25) is 0 Å². The van der Waals surface area contributed by atoms with Crippen molar-refractivity contribution in [3.63, 3.8) is 0 Å². The van der Waals surface area contributed by atoms with Crippen molar-refractivity contribution in [3.8, 4) is 5.75 Å². The lowest BCUT2D eigenvalue weighted by molar-refractivity contribution is -0.128. The molecule has 1 N–H and O–H groups in total. The summed E-state index contributed by atoms with van der Waals surface area (Å²) < 4.78 is 6.03. The molecule has 4 atom stereocenters. The van der Waals surface area contributed by atoms with Crippen molar-refractivity contribution in [1.82, 2.24) is 5.32 Å². The number of rotatable bonds is 5. The minimum Gasteiger partial charge on any atom is -0.481 e. The Morgan fingerprint density at radius 1 is 1.22 bits per heavy atom. The molecule has 126 valence electrons. The van der Waals surface area contributed by atoms with Crippen molar-refractivity contribution in [2.75, 3.05) is 0 Å². The van der Waals surface area contributed by atoms with Gasteiger partial charge in [-0.3, -0.25) is 4.79 Å². The Kier molecular flexibility index (Phi) is 4.65. The number of ether oxygens (including phenoxy) is 1. The lowest BCUT2D eigenvalue weighted by atomic mass is 9.95. The molecule has 2 saturated carbocycles. The summed E-state index contributed by atoms with van der Waals surface area (Å²) in [6.45, 7) is 8.21. The van der Waals surface area contributed by atoms with E-state index in [0.29, 0.717) is 17.9 Å². The van der Waals surface area contributed by atoms with Crippen molar-refractivity contribution < 1.29 is 9.53 Å². The van der Waals surface area contributed by atoms with Crippen LogP contribution in [-0.4, -0.2) is 18.1 Å². The van der Waals surface area contributed by atoms with E-state index >= 15 is 0 Å². The van der Waals surface area contributed by atoms with Crippen LogP contribution >= 0.6 is 0 Å². The summed E-state index contributed by atoms with van der Waals surface area (Å²) in [6, 6.07) is 6.61. The molecule has 0 spiro atoms. The number of hydrogen-bond donors (Lipinski definition) is 1. The molecule has 3 rings (SSSR count). The molecule has 0 radical (unpaired) electrons. The summed E-state index contributed by atoms with van der Waals surface area (Å²) in [7, 11) is 0. The third-order valence-corrected chi connectivity index (χ3v) is 5.53. The van der Waals surface area contributed by atoms with Gasteiger partial charge in [0.2, 0.25) is 0 Å². The fraction of sp³-hybridized carbons (Fsp3) is 0.650. The van der Waals surface area contributed by atoms with Gasteiger partial charge in [0.25, 0.3) is 5.91 Å². The molecule has 1 amide bonds. The second kappa shape index (κ2) is 6.54. The van der Waals surface area contributed by atoms with Gasteiger partial charge in [-0.2, -0.15) is 0 Å². The van der Waals surface area contributed by atoms with Gasteiger partial charge in [-0.15, -0.1) is 0 Å². The quantitative estimate of drug-likeness (QED) is 0.885. The van der Waals surface area contributed by atoms with Gasteiger partial charge in [-0.05, 0) is 68.1 Å². The number of benzene rings is 1. The molecule has 0 aliphatic heterocycles. The number of carbonyl (C=O) groups is 1. The summed E-state index contributed by atoms with van der Waals surface area (Å²) in [5.74, 6) is 2.79. The first kappa shape index (κ1) is 16.4. The zero-order valence-electron chi connectivity index (χ0n) is 14.8. The molecule has 3 nitrogen and oxygen atoms in total. The molecule has 23 heavy (non-hydrogen) atoms. The van der Waals surface area contributed by atoms with E-state index in [9.17, 15) is 4.79 Å². The summed E-state index contributed by atoms with van der Waals surface area (Å²) in [4.78, 5) is 12.5. The zero-order valence-corrected chi connectivity index (χ0v) is 14.8. The molecule has 1 aromatic rings. The number of carbonyl (C=O) groups excluding carboxylic acids is 1. The molecule has 0 saturated heterocycles. The maximum atomic E-state index is 12.5. The average Bonchev–Trinajstić information content (AvgIpc) is 3.09. The normalized spacial score (nSPS) is 27.3. The van der Waals surface area contributed by atoms with Gasteiger partial charge >= 0.3 is 0 Å². The maximum Gasteiger partial charge on any atom is 0.261 e. The van der Waals surface area contributed by atoms with E-state index in [2.05, 4.69) is 38.2 Å². The predicted octanol–water partition coefficient (Wildman–Crippen LogP) is 4.19. The van der Waals surface area contributed by atoms with Crippen molar-refractivity contribution in [2.24, 2.45) is 11.8 Å². The number of fused-ring (bicyclic) bond motifs is 2. The van der Waals surface area contributed by atoms with Crippen LogP contribution in [0.5, 0.6) is 5.75 Å². The molecule has 2 fully saturated rings. The van der Waals surface area contributed by atoms with E-state index in [1.165, 1.54) is 19.3 Å². The molecule has 2 aliphatic carbocycles. The SMILES string of the molecule is Cc1ccc(C(C)C)c(O[C@H](C)C(=O)N[C@H]2C[C@H]3CC[C@H]2C3)c1. The first-order valence-corrected chi connectivity index (χ1v) is 9.01. The van der Waals surface area contributed by atoms with E-state index in [0.717, 1.165) is 29.2 Å². The van der Waals surface area contributed by atoms with Gasteiger partial charge in [0.05, 0.1) is 0 Å². The summed E-state index contributed by atoms with van der Waals surface area (Å²) >= 11 is 0. The fourth-order valence-electron chi connectivity index (χ4n) is 4.19. The van der Waals surface area contributed by atoms with Gasteiger partial charge < -0.3 is 10.1 Å². The largest absolute Gasteiger partial charge is 0.481 e. The maximum absolute atomic E-state index is 12.5. The fourth-order valence-corrected chi connectivity index (χ4v) is 4.19. The standard InChI is InChI=1S/C20H29NO2/c1-12(2)17-8-5-13(3)9-19(17)23-14(4)20(22)21-18-11-15-6-7-16(18)10-15/h5,8-9,12,14-16,18H,6-7,10-11H2,1-4H3,(H,21,22)/t14-,15+,16+,18+/m1/s1. The Labute approximate surface area is 139 Å². The second-order valence-corrected chi connectivity index (χ2v) is 7.75. The van der Waals surface area contributed by atoms with Crippen molar-refractivity contribution in [2.45, 2.75) is 71.4 Å². The summed E-state index contributed by atoms with van der Waals surface area (Å²) in [5, 5.41) is 3.23. The van der Waals surface area contributed by atoms with Crippen LogP contribution in [0, 0.1) is 18.8 Å². The van der Waals surface area contributed by atoms with Gasteiger partial charge in [0.15, 0.2) is 6.10 Å². The topological polar surface area (TPSA) is 38.3 Å². The minimum atomic E-state index is -0.451. The van der Waals surface area contributed by atoms with Gasteiger partial charge in [0, 0.05) is 6.04 Å². The number of nitrogens with one attached hydrogen (secondary N) is 1. The lowest BCUT2D eigenvalue weighted by Gasteiger charge is -2.25. The van der Waals surface area contributed by atoms with Crippen LogP contribution in [-0.2, 0) is 4.79 Å². The van der Waals surface area contributed by atoms with Crippen molar-refractivity contribution >= 4 is 5.91 Å². The van der Waals surface area contributed by atoms with Gasteiger partial charge in [-0.25, -0.2) is 0 Å². The lowest BCUT2D eigenvalue weighted by Crippen LogP contribution is -2.44. The average molecular weight is 315 g/mol. The zero-order chi connectivity index (χ0) is 16.6. The van der Waals surface area contributed by atoms with Crippen molar-refractivity contribution in [3.05, 3.63) is 29.3 Å². The Morgan fingerprint density at radius 3 is 2.61 bits per heavy atom. The highest BCUT2D eigenvalue weighted by Gasteiger charge is 2.40. The molecule has 1 aromatic carbocycles. The van der Waals surface area contributed by atoms with E-state index in [4.69, 9.17) is 4.74 Å². The Morgan fingerprint density at radius 2 is 2.00 bits per heavy atom.